The number of carboxylic acids is 2. The summed E-state index contributed by atoms with van der Waals surface area (Å²) in [5.74, 6) is -4.21. The monoisotopic (exact) mass is 600 g/mol. The topological polar surface area (TPSA) is 178 Å². The average Bonchev–Trinajstić information content (AvgIpc) is 3.60. The minimum absolute atomic E-state index is 0.0464. The van der Waals surface area contributed by atoms with Gasteiger partial charge in [0, 0.05) is 25.7 Å². The quantitative estimate of drug-likeness (QED) is 0.272. The molecule has 0 fully saturated rings. The Bertz CT molecular complexity index is 1590. The molecular formula is C27H27F3N8O5. The van der Waals surface area contributed by atoms with Crippen LogP contribution in [-0.4, -0.2) is 75.2 Å². The molecule has 3 N–H and O–H groups in total. The predicted octanol–water partition coefficient (Wildman–Crippen LogP) is 2.51. The molecule has 13 nitrogen and oxygen atoms in total. The molecule has 0 spiro atoms. The molecule has 1 aliphatic rings. The van der Waals surface area contributed by atoms with Gasteiger partial charge in [-0.15, -0.1) is 10.2 Å². The first-order valence-electron chi connectivity index (χ1n) is 13.1. The van der Waals surface area contributed by atoms with E-state index in [9.17, 15) is 27.9 Å². The standard InChI is InChI=1S/C25H26N8O3.C2HF3O2/c1-32-23-20(8-5-9-21(23)29-30-32)24(34)27-17(12-16-6-3-2-4-7-16)13-18-15-33(31-28-18)19-10-11-26-22(14-19)25(35)36;3-2(4,5)1(6)7/h2-4,6-7,10-11,14-15,17,20H,5,8-9,12-13H2,1H3,(H,27,34)(H,35,36);(H,6,7). The lowest BCUT2D eigenvalue weighted by Crippen LogP contribution is -2.42. The van der Waals surface area contributed by atoms with Crippen LogP contribution in [0.15, 0.2) is 54.9 Å². The smallest absolute Gasteiger partial charge is 0.477 e. The van der Waals surface area contributed by atoms with Crippen LogP contribution in [0.5, 0.6) is 0 Å². The first-order chi connectivity index (χ1) is 20.4. The maximum Gasteiger partial charge on any atom is 0.490 e. The van der Waals surface area contributed by atoms with Gasteiger partial charge in [0.2, 0.25) is 5.91 Å². The Morgan fingerprint density at radius 3 is 2.47 bits per heavy atom. The van der Waals surface area contributed by atoms with Crippen LogP contribution < -0.4 is 5.32 Å². The molecule has 2 unspecified atom stereocenters. The van der Waals surface area contributed by atoms with E-state index in [1.807, 2.05) is 37.4 Å². The SMILES string of the molecule is Cn1nnc2c1C(C(=O)NC(Cc1ccccc1)Cc1cn(-c3ccnc(C(=O)O)c3)nn1)CCC2.O=C(O)C(F)(F)F. The third kappa shape index (κ3) is 7.99. The molecule has 3 heterocycles. The number of aromatic carboxylic acids is 1. The molecule has 5 rings (SSSR count). The second-order valence-corrected chi connectivity index (χ2v) is 9.75. The first kappa shape index (κ1) is 30.8. The highest BCUT2D eigenvalue weighted by atomic mass is 19.4. The van der Waals surface area contributed by atoms with Crippen molar-refractivity contribution in [2.24, 2.45) is 7.05 Å². The molecule has 0 bridgehead atoms. The fraction of sp³-hybridized carbons (Fsp3) is 0.333. The molecule has 1 aromatic carbocycles. The van der Waals surface area contributed by atoms with Gasteiger partial charge in [-0.1, -0.05) is 40.8 Å². The van der Waals surface area contributed by atoms with E-state index >= 15 is 0 Å². The Hall–Kier alpha value is -5.15. The normalized spacial score (nSPS) is 15.0. The van der Waals surface area contributed by atoms with Crippen LogP contribution >= 0.6 is 0 Å². The summed E-state index contributed by atoms with van der Waals surface area (Å²) in [6.45, 7) is 0. The molecule has 1 aliphatic carbocycles. The zero-order valence-corrected chi connectivity index (χ0v) is 22.8. The van der Waals surface area contributed by atoms with E-state index in [4.69, 9.17) is 9.90 Å². The summed E-state index contributed by atoms with van der Waals surface area (Å²) in [4.78, 5) is 37.4. The molecule has 226 valence electrons. The summed E-state index contributed by atoms with van der Waals surface area (Å²) in [6, 6.07) is 12.9. The molecule has 0 aliphatic heterocycles. The lowest BCUT2D eigenvalue weighted by atomic mass is 9.88. The Balaban J connectivity index is 0.000000541. The molecule has 3 aromatic heterocycles. The van der Waals surface area contributed by atoms with E-state index in [0.29, 0.717) is 24.2 Å². The van der Waals surface area contributed by atoms with Crippen molar-refractivity contribution in [3.8, 4) is 5.69 Å². The Morgan fingerprint density at radius 2 is 1.79 bits per heavy atom. The predicted molar refractivity (Wildman–Crippen MR) is 142 cm³/mol. The Labute approximate surface area is 242 Å². The number of alkyl halides is 3. The fourth-order valence-electron chi connectivity index (χ4n) is 4.70. The third-order valence-electron chi connectivity index (χ3n) is 6.63. The minimum Gasteiger partial charge on any atom is -0.477 e. The minimum atomic E-state index is -5.08. The summed E-state index contributed by atoms with van der Waals surface area (Å²) in [6.07, 6.45) is 1.65. The van der Waals surface area contributed by atoms with E-state index < -0.39 is 18.1 Å². The molecule has 2 atom stereocenters. The number of carboxylic acid groups (broad SMARTS) is 2. The van der Waals surface area contributed by atoms with Crippen molar-refractivity contribution in [1.29, 1.82) is 0 Å². The number of nitrogens with one attached hydrogen (secondary N) is 1. The van der Waals surface area contributed by atoms with E-state index in [0.717, 1.165) is 36.2 Å². The Morgan fingerprint density at radius 1 is 1.07 bits per heavy atom. The van der Waals surface area contributed by atoms with Gasteiger partial charge in [0.05, 0.1) is 34.9 Å². The van der Waals surface area contributed by atoms with Crippen molar-refractivity contribution in [1.82, 2.24) is 40.3 Å². The molecule has 0 saturated heterocycles. The number of benzene rings is 1. The summed E-state index contributed by atoms with van der Waals surface area (Å²) in [5.41, 5.74) is 4.02. The van der Waals surface area contributed by atoms with Crippen LogP contribution in [0, 0.1) is 0 Å². The molecule has 0 saturated carbocycles. The molecular weight excluding hydrogens is 573 g/mol. The van der Waals surface area contributed by atoms with E-state index in [1.165, 1.54) is 16.9 Å². The molecule has 16 heteroatoms. The van der Waals surface area contributed by atoms with Gasteiger partial charge >= 0.3 is 18.1 Å². The number of aromatic nitrogens is 7. The summed E-state index contributed by atoms with van der Waals surface area (Å²) < 4.78 is 35.0. The number of aliphatic carboxylic acids is 1. The number of carbonyl (C=O) groups excluding carboxylic acids is 1. The third-order valence-corrected chi connectivity index (χ3v) is 6.63. The lowest BCUT2D eigenvalue weighted by molar-refractivity contribution is -0.192. The number of halogens is 3. The van der Waals surface area contributed by atoms with Gasteiger partial charge in [0.15, 0.2) is 0 Å². The van der Waals surface area contributed by atoms with E-state index in [-0.39, 0.29) is 23.6 Å². The lowest BCUT2D eigenvalue weighted by Gasteiger charge is -2.25. The number of pyridine rings is 1. The van der Waals surface area contributed by atoms with Gasteiger partial charge < -0.3 is 15.5 Å². The van der Waals surface area contributed by atoms with Crippen molar-refractivity contribution >= 4 is 17.8 Å². The number of aryl methyl sites for hydroxylation is 2. The largest absolute Gasteiger partial charge is 0.490 e. The van der Waals surface area contributed by atoms with Crippen molar-refractivity contribution < 1.29 is 37.8 Å². The number of carbonyl (C=O) groups is 3. The van der Waals surface area contributed by atoms with Crippen molar-refractivity contribution in [3.05, 3.63) is 83.2 Å². The fourth-order valence-corrected chi connectivity index (χ4v) is 4.70. The molecule has 43 heavy (non-hydrogen) atoms. The highest BCUT2D eigenvalue weighted by Gasteiger charge is 2.38. The van der Waals surface area contributed by atoms with Crippen LogP contribution in [-0.2, 0) is 35.9 Å². The number of rotatable bonds is 8. The van der Waals surface area contributed by atoms with Gasteiger partial charge in [0.1, 0.15) is 5.69 Å². The maximum absolute atomic E-state index is 13.4. The molecule has 4 aromatic rings. The van der Waals surface area contributed by atoms with Gasteiger partial charge in [-0.2, -0.15) is 13.2 Å². The van der Waals surface area contributed by atoms with Crippen molar-refractivity contribution in [3.63, 3.8) is 0 Å². The highest BCUT2D eigenvalue weighted by Crippen LogP contribution is 2.30. The number of fused-ring (bicyclic) bond motifs is 1. The number of amides is 1. The average molecular weight is 601 g/mol. The van der Waals surface area contributed by atoms with Gasteiger partial charge in [0.25, 0.3) is 0 Å². The second-order valence-electron chi connectivity index (χ2n) is 9.75. The molecule has 0 radical (unpaired) electrons. The maximum atomic E-state index is 13.4. The summed E-state index contributed by atoms with van der Waals surface area (Å²) >= 11 is 0. The van der Waals surface area contributed by atoms with E-state index in [1.54, 1.807) is 16.9 Å². The van der Waals surface area contributed by atoms with Crippen molar-refractivity contribution in [2.45, 2.75) is 50.2 Å². The van der Waals surface area contributed by atoms with Crippen molar-refractivity contribution in [2.75, 3.05) is 0 Å². The number of hydrogen-bond acceptors (Lipinski definition) is 8. The Kier molecular flexibility index (Phi) is 9.47. The van der Waals surface area contributed by atoms with Gasteiger partial charge in [-0.25, -0.2) is 19.3 Å². The van der Waals surface area contributed by atoms with Crippen LogP contribution in [0.25, 0.3) is 5.69 Å². The molecule has 1 amide bonds. The second kappa shape index (κ2) is 13.2. The summed E-state index contributed by atoms with van der Waals surface area (Å²) in [7, 11) is 1.83. The summed E-state index contributed by atoms with van der Waals surface area (Å²) in [5, 5.41) is 36.4. The number of hydrogen-bond donors (Lipinski definition) is 3. The zero-order chi connectivity index (χ0) is 31.1. The first-order valence-corrected chi connectivity index (χ1v) is 13.1. The van der Waals surface area contributed by atoms with Crippen LogP contribution in [0.4, 0.5) is 13.2 Å². The highest BCUT2D eigenvalue weighted by molar-refractivity contribution is 5.86. The van der Waals surface area contributed by atoms with Crippen LogP contribution in [0.1, 0.15) is 51.9 Å². The van der Waals surface area contributed by atoms with Crippen LogP contribution in [0.2, 0.25) is 0 Å². The van der Waals surface area contributed by atoms with Crippen LogP contribution in [0.3, 0.4) is 0 Å². The van der Waals surface area contributed by atoms with Gasteiger partial charge in [-0.05, 0) is 43.4 Å². The van der Waals surface area contributed by atoms with Gasteiger partial charge in [-0.3, -0.25) is 9.48 Å². The zero-order valence-electron chi connectivity index (χ0n) is 22.8. The van der Waals surface area contributed by atoms with E-state index in [2.05, 4.69) is 30.9 Å². The number of nitrogens with zero attached hydrogens (tertiary/aromatic N) is 7.